The van der Waals surface area contributed by atoms with Gasteiger partial charge in [0.2, 0.25) is 0 Å². The van der Waals surface area contributed by atoms with Gasteiger partial charge in [0, 0.05) is 29.7 Å². The molecule has 4 heteroatoms. The van der Waals surface area contributed by atoms with Gasteiger partial charge in [-0.25, -0.2) is 4.98 Å². The molecule has 0 spiro atoms. The van der Waals surface area contributed by atoms with Crippen LogP contribution in [-0.2, 0) is 19.5 Å². The molecule has 1 aromatic heterocycles. The van der Waals surface area contributed by atoms with E-state index in [9.17, 15) is 5.11 Å². The average Bonchev–Trinajstić information content (AvgIpc) is 2.80. The summed E-state index contributed by atoms with van der Waals surface area (Å²) in [6, 6.07) is 7.37. The number of aromatic hydroxyl groups is 1. The van der Waals surface area contributed by atoms with Gasteiger partial charge in [-0.15, -0.1) is 11.3 Å². The molecule has 3 nitrogen and oxygen atoms in total. The Hall–Kier alpha value is -1.39. The predicted octanol–water partition coefficient (Wildman–Crippen LogP) is 2.70. The lowest BCUT2D eigenvalue weighted by Crippen LogP contribution is -2.12. The summed E-state index contributed by atoms with van der Waals surface area (Å²) in [7, 11) is 0. The van der Waals surface area contributed by atoms with Crippen LogP contribution in [0.25, 0.3) is 0 Å². The zero-order valence-electron chi connectivity index (χ0n) is 9.81. The van der Waals surface area contributed by atoms with Crippen molar-refractivity contribution in [1.82, 2.24) is 10.3 Å². The highest BCUT2D eigenvalue weighted by Crippen LogP contribution is 2.16. The van der Waals surface area contributed by atoms with Crippen LogP contribution in [0.3, 0.4) is 0 Å². The second kappa shape index (κ2) is 5.80. The molecule has 0 aliphatic carbocycles. The number of para-hydroxylation sites is 1. The second-order valence-electron chi connectivity index (χ2n) is 3.81. The summed E-state index contributed by atoms with van der Waals surface area (Å²) in [4.78, 5) is 5.64. The smallest absolute Gasteiger partial charge is 0.120 e. The maximum absolute atomic E-state index is 9.60. The van der Waals surface area contributed by atoms with E-state index in [2.05, 4.69) is 17.2 Å². The topological polar surface area (TPSA) is 45.2 Å². The van der Waals surface area contributed by atoms with Gasteiger partial charge in [-0.2, -0.15) is 0 Å². The molecule has 2 rings (SSSR count). The first kappa shape index (κ1) is 12.1. The number of aromatic nitrogens is 1. The zero-order valence-corrected chi connectivity index (χ0v) is 10.6. The van der Waals surface area contributed by atoms with Crippen LogP contribution in [0.4, 0.5) is 0 Å². The van der Waals surface area contributed by atoms with Crippen molar-refractivity contribution in [1.29, 1.82) is 0 Å². The van der Waals surface area contributed by atoms with E-state index in [-0.39, 0.29) is 0 Å². The minimum atomic E-state index is 0.341. The number of rotatable bonds is 5. The van der Waals surface area contributed by atoms with Gasteiger partial charge < -0.3 is 10.4 Å². The molecule has 1 heterocycles. The number of nitrogens with one attached hydrogen (secondary N) is 1. The minimum absolute atomic E-state index is 0.341. The molecule has 0 saturated heterocycles. The lowest BCUT2D eigenvalue weighted by Gasteiger charge is -2.04. The molecule has 90 valence electrons. The molecule has 0 amide bonds. The summed E-state index contributed by atoms with van der Waals surface area (Å²) in [6.07, 6.45) is 2.97. The van der Waals surface area contributed by atoms with E-state index >= 15 is 0 Å². The Balaban J connectivity index is 1.85. The molecule has 2 aromatic rings. The summed E-state index contributed by atoms with van der Waals surface area (Å²) in [5.74, 6) is 0.341. The monoisotopic (exact) mass is 248 g/mol. The van der Waals surface area contributed by atoms with Gasteiger partial charge in [-0.3, -0.25) is 0 Å². The van der Waals surface area contributed by atoms with E-state index in [1.807, 2.05) is 24.4 Å². The van der Waals surface area contributed by atoms with Crippen molar-refractivity contribution >= 4 is 11.3 Å². The molecule has 1 aromatic carbocycles. The van der Waals surface area contributed by atoms with E-state index in [1.165, 1.54) is 4.88 Å². The van der Waals surface area contributed by atoms with Crippen molar-refractivity contribution in [3.8, 4) is 5.75 Å². The van der Waals surface area contributed by atoms with Crippen LogP contribution in [0.1, 0.15) is 22.4 Å². The molecule has 0 saturated carbocycles. The molecule has 0 fully saturated rings. The molecule has 0 bridgehead atoms. The van der Waals surface area contributed by atoms with Crippen LogP contribution in [0.2, 0.25) is 0 Å². The Bertz CT molecular complexity index is 482. The second-order valence-corrected chi connectivity index (χ2v) is 5.01. The number of aryl methyl sites for hydroxylation is 1. The first-order valence-corrected chi connectivity index (χ1v) is 6.52. The highest BCUT2D eigenvalue weighted by molar-refractivity contribution is 7.11. The average molecular weight is 248 g/mol. The number of thiazole rings is 1. The summed E-state index contributed by atoms with van der Waals surface area (Å²) in [6.45, 7) is 3.54. The van der Waals surface area contributed by atoms with Crippen molar-refractivity contribution < 1.29 is 5.11 Å². The van der Waals surface area contributed by atoms with Gasteiger partial charge in [-0.05, 0) is 12.5 Å². The number of hydrogen-bond acceptors (Lipinski definition) is 4. The van der Waals surface area contributed by atoms with E-state index < -0.39 is 0 Å². The van der Waals surface area contributed by atoms with Gasteiger partial charge in [0.25, 0.3) is 0 Å². The summed E-state index contributed by atoms with van der Waals surface area (Å²) in [5.41, 5.74) is 0.916. The molecule has 2 N–H and O–H groups in total. The normalized spacial score (nSPS) is 10.6. The third-order valence-electron chi connectivity index (χ3n) is 2.53. The van der Waals surface area contributed by atoms with Crippen molar-refractivity contribution in [2.45, 2.75) is 26.4 Å². The quantitative estimate of drug-likeness (QED) is 0.855. The molecule has 0 atom stereocenters. The van der Waals surface area contributed by atoms with E-state index in [0.29, 0.717) is 12.3 Å². The molecular weight excluding hydrogens is 232 g/mol. The molecule has 17 heavy (non-hydrogen) atoms. The Kier molecular flexibility index (Phi) is 4.12. The number of benzene rings is 1. The summed E-state index contributed by atoms with van der Waals surface area (Å²) >= 11 is 1.74. The standard InChI is InChI=1S/C13H16N2OS/c1-2-11-8-15-13(17-11)9-14-7-10-5-3-4-6-12(10)16/h3-6,8,14,16H,2,7,9H2,1H3. The van der Waals surface area contributed by atoms with E-state index in [4.69, 9.17) is 0 Å². The molecular formula is C13H16N2OS. The number of nitrogens with zero attached hydrogens (tertiary/aromatic N) is 1. The Labute approximate surface area is 105 Å². The van der Waals surface area contributed by atoms with Gasteiger partial charge in [0.1, 0.15) is 10.8 Å². The summed E-state index contributed by atoms with van der Waals surface area (Å²) in [5, 5.41) is 14.0. The third kappa shape index (κ3) is 3.28. The van der Waals surface area contributed by atoms with Gasteiger partial charge in [0.15, 0.2) is 0 Å². The lowest BCUT2D eigenvalue weighted by molar-refractivity contribution is 0.464. The SMILES string of the molecule is CCc1cnc(CNCc2ccccc2O)s1. The van der Waals surface area contributed by atoms with E-state index in [1.54, 1.807) is 17.4 Å². The fourth-order valence-corrected chi connectivity index (χ4v) is 2.39. The largest absolute Gasteiger partial charge is 0.508 e. The van der Waals surface area contributed by atoms with Gasteiger partial charge in [-0.1, -0.05) is 25.1 Å². The van der Waals surface area contributed by atoms with Crippen molar-refractivity contribution in [2.24, 2.45) is 0 Å². The lowest BCUT2D eigenvalue weighted by atomic mass is 10.2. The maximum Gasteiger partial charge on any atom is 0.120 e. The van der Waals surface area contributed by atoms with Crippen molar-refractivity contribution in [3.05, 3.63) is 45.9 Å². The first-order valence-electron chi connectivity index (χ1n) is 5.70. The van der Waals surface area contributed by atoms with Crippen LogP contribution in [-0.4, -0.2) is 10.1 Å². The van der Waals surface area contributed by atoms with Crippen molar-refractivity contribution in [2.75, 3.05) is 0 Å². The van der Waals surface area contributed by atoms with Crippen molar-refractivity contribution in [3.63, 3.8) is 0 Å². The molecule has 0 radical (unpaired) electrons. The van der Waals surface area contributed by atoms with Gasteiger partial charge >= 0.3 is 0 Å². The van der Waals surface area contributed by atoms with Crippen LogP contribution in [0.15, 0.2) is 30.5 Å². The van der Waals surface area contributed by atoms with Crippen LogP contribution in [0, 0.1) is 0 Å². The first-order chi connectivity index (χ1) is 8.29. The Morgan fingerprint density at radius 2 is 2.12 bits per heavy atom. The van der Waals surface area contributed by atoms with E-state index in [0.717, 1.165) is 23.5 Å². The number of phenolic OH excluding ortho intramolecular Hbond substituents is 1. The minimum Gasteiger partial charge on any atom is -0.508 e. The summed E-state index contributed by atoms with van der Waals surface area (Å²) < 4.78 is 0. The van der Waals surface area contributed by atoms with Crippen LogP contribution in [0.5, 0.6) is 5.75 Å². The van der Waals surface area contributed by atoms with Crippen LogP contribution >= 0.6 is 11.3 Å². The maximum atomic E-state index is 9.60. The number of phenols is 1. The Morgan fingerprint density at radius 3 is 2.82 bits per heavy atom. The highest BCUT2D eigenvalue weighted by atomic mass is 32.1. The zero-order chi connectivity index (χ0) is 12.1. The van der Waals surface area contributed by atoms with Crippen LogP contribution < -0.4 is 5.32 Å². The number of hydrogen-bond donors (Lipinski definition) is 2. The predicted molar refractivity (Wildman–Crippen MR) is 70.1 cm³/mol. The molecule has 0 aliphatic rings. The van der Waals surface area contributed by atoms with Gasteiger partial charge in [0.05, 0.1) is 0 Å². The third-order valence-corrected chi connectivity index (χ3v) is 3.67. The highest BCUT2D eigenvalue weighted by Gasteiger charge is 2.02. The fraction of sp³-hybridized carbons (Fsp3) is 0.308. The molecule has 0 aliphatic heterocycles. The molecule has 0 unspecified atom stereocenters. The Morgan fingerprint density at radius 1 is 1.29 bits per heavy atom. The fourth-order valence-electron chi connectivity index (χ4n) is 1.56.